The molecule has 0 bridgehead atoms. The molecule has 0 saturated carbocycles. The van der Waals surface area contributed by atoms with Crippen molar-refractivity contribution in [3.63, 3.8) is 0 Å². The van der Waals surface area contributed by atoms with Crippen LogP contribution in [0.2, 0.25) is 0 Å². The second kappa shape index (κ2) is 9.08. The van der Waals surface area contributed by atoms with Gasteiger partial charge in [-0.3, -0.25) is 9.59 Å². The number of quaternary nitrogens is 1. The molecule has 5 heteroatoms. The van der Waals surface area contributed by atoms with Gasteiger partial charge in [-0.2, -0.15) is 0 Å². The molecular formula is C20H24FN2O2+. The zero-order valence-corrected chi connectivity index (χ0v) is 14.6. The molecule has 2 aromatic carbocycles. The molecule has 0 fully saturated rings. The van der Waals surface area contributed by atoms with Gasteiger partial charge in [0.05, 0.1) is 13.1 Å². The number of rotatable bonds is 8. The smallest absolute Gasteiger partial charge is 0.275 e. The van der Waals surface area contributed by atoms with Gasteiger partial charge in [-0.15, -0.1) is 0 Å². The van der Waals surface area contributed by atoms with E-state index in [0.717, 1.165) is 16.0 Å². The first-order valence-corrected chi connectivity index (χ1v) is 8.33. The molecular weight excluding hydrogens is 319 g/mol. The third-order valence-electron chi connectivity index (χ3n) is 3.99. The van der Waals surface area contributed by atoms with Crippen molar-refractivity contribution < 1.29 is 18.9 Å². The Hall–Kier alpha value is -2.53. The highest BCUT2D eigenvalue weighted by atomic mass is 19.1. The molecule has 0 spiro atoms. The third-order valence-corrected chi connectivity index (χ3v) is 3.99. The summed E-state index contributed by atoms with van der Waals surface area (Å²) in [5.41, 5.74) is 1.97. The Bertz CT molecular complexity index is 701. The number of halogens is 1. The quantitative estimate of drug-likeness (QED) is 0.756. The van der Waals surface area contributed by atoms with Gasteiger partial charge >= 0.3 is 0 Å². The van der Waals surface area contributed by atoms with E-state index < -0.39 is 6.04 Å². The van der Waals surface area contributed by atoms with Gasteiger partial charge in [0, 0.05) is 5.56 Å². The molecule has 2 aromatic rings. The van der Waals surface area contributed by atoms with Gasteiger partial charge in [0.25, 0.3) is 5.91 Å². The largest absolute Gasteiger partial charge is 0.341 e. The van der Waals surface area contributed by atoms with Crippen LogP contribution in [0.5, 0.6) is 0 Å². The van der Waals surface area contributed by atoms with E-state index in [2.05, 4.69) is 5.32 Å². The average Bonchev–Trinajstić information content (AvgIpc) is 2.57. The third kappa shape index (κ3) is 6.47. The van der Waals surface area contributed by atoms with Crippen LogP contribution in [0.15, 0.2) is 54.6 Å². The SMILES string of the molecule is CC(=O)[C@@H](Cc1ccccc1)NC(=O)C[NH+](C)Cc1ccc(F)cc1. The first-order valence-electron chi connectivity index (χ1n) is 8.33. The second-order valence-corrected chi connectivity index (χ2v) is 6.36. The zero-order valence-electron chi connectivity index (χ0n) is 14.6. The number of Topliss-reactive ketones (excluding diaryl/α,β-unsaturated/α-hetero) is 1. The maximum atomic E-state index is 12.9. The molecule has 1 amide bonds. The fourth-order valence-corrected chi connectivity index (χ4v) is 2.68. The van der Waals surface area contributed by atoms with Gasteiger partial charge in [-0.25, -0.2) is 4.39 Å². The minimum Gasteiger partial charge on any atom is -0.341 e. The van der Waals surface area contributed by atoms with Crippen LogP contribution in [0.4, 0.5) is 4.39 Å². The molecule has 0 aliphatic heterocycles. The lowest BCUT2D eigenvalue weighted by atomic mass is 10.0. The summed E-state index contributed by atoms with van der Waals surface area (Å²) in [6.07, 6.45) is 0.485. The Morgan fingerprint density at radius 1 is 1.04 bits per heavy atom. The summed E-state index contributed by atoms with van der Waals surface area (Å²) in [6.45, 7) is 2.34. The number of likely N-dealkylation sites (N-methyl/N-ethyl adjacent to an activating group) is 1. The fourth-order valence-electron chi connectivity index (χ4n) is 2.68. The molecule has 25 heavy (non-hydrogen) atoms. The van der Waals surface area contributed by atoms with Crippen molar-refractivity contribution in [2.45, 2.75) is 25.9 Å². The highest BCUT2D eigenvalue weighted by Gasteiger charge is 2.19. The van der Waals surface area contributed by atoms with Gasteiger partial charge in [0.2, 0.25) is 0 Å². The summed E-state index contributed by atoms with van der Waals surface area (Å²) in [5, 5.41) is 2.82. The Labute approximate surface area is 147 Å². The van der Waals surface area contributed by atoms with E-state index in [1.807, 2.05) is 37.4 Å². The molecule has 1 unspecified atom stereocenters. The maximum absolute atomic E-state index is 12.9. The second-order valence-electron chi connectivity index (χ2n) is 6.36. The summed E-state index contributed by atoms with van der Waals surface area (Å²) >= 11 is 0. The molecule has 4 nitrogen and oxygen atoms in total. The average molecular weight is 343 g/mol. The topological polar surface area (TPSA) is 50.6 Å². The van der Waals surface area contributed by atoms with Gasteiger partial charge in [0.15, 0.2) is 12.3 Å². The highest BCUT2D eigenvalue weighted by Crippen LogP contribution is 2.04. The lowest BCUT2D eigenvalue weighted by Crippen LogP contribution is -3.09. The van der Waals surface area contributed by atoms with Crippen LogP contribution in [0.3, 0.4) is 0 Å². The first-order chi connectivity index (χ1) is 11.9. The first kappa shape index (κ1) is 18.8. The number of carbonyl (C=O) groups is 2. The molecule has 2 rings (SSSR count). The number of amides is 1. The van der Waals surface area contributed by atoms with E-state index in [1.54, 1.807) is 12.1 Å². The zero-order chi connectivity index (χ0) is 18.2. The van der Waals surface area contributed by atoms with E-state index in [4.69, 9.17) is 0 Å². The van der Waals surface area contributed by atoms with E-state index in [9.17, 15) is 14.0 Å². The van der Waals surface area contributed by atoms with E-state index in [-0.39, 0.29) is 24.1 Å². The summed E-state index contributed by atoms with van der Waals surface area (Å²) in [7, 11) is 1.89. The Morgan fingerprint density at radius 3 is 2.28 bits per heavy atom. The Morgan fingerprint density at radius 2 is 1.68 bits per heavy atom. The minimum absolute atomic E-state index is 0.0617. The van der Waals surface area contributed by atoms with Crippen molar-refractivity contribution >= 4 is 11.7 Å². The van der Waals surface area contributed by atoms with Crippen LogP contribution in [-0.4, -0.2) is 31.3 Å². The van der Waals surface area contributed by atoms with Crippen LogP contribution < -0.4 is 10.2 Å². The predicted molar refractivity (Wildman–Crippen MR) is 94.6 cm³/mol. The van der Waals surface area contributed by atoms with Crippen molar-refractivity contribution in [2.75, 3.05) is 13.6 Å². The Kier molecular flexibility index (Phi) is 6.83. The van der Waals surface area contributed by atoms with Crippen molar-refractivity contribution in [2.24, 2.45) is 0 Å². The number of hydrogen-bond acceptors (Lipinski definition) is 2. The Balaban J connectivity index is 1.87. The van der Waals surface area contributed by atoms with Crippen LogP contribution in [0, 0.1) is 5.82 Å². The van der Waals surface area contributed by atoms with Crippen molar-refractivity contribution in [1.29, 1.82) is 0 Å². The fraction of sp³-hybridized carbons (Fsp3) is 0.300. The molecule has 0 aliphatic carbocycles. The molecule has 132 valence electrons. The number of nitrogens with one attached hydrogen (secondary N) is 2. The van der Waals surface area contributed by atoms with Crippen molar-refractivity contribution in [3.8, 4) is 0 Å². The summed E-state index contributed by atoms with van der Waals surface area (Å²) in [4.78, 5) is 25.1. The molecule has 2 atom stereocenters. The van der Waals surface area contributed by atoms with Gasteiger partial charge in [-0.1, -0.05) is 42.5 Å². The molecule has 0 heterocycles. The normalized spacial score (nSPS) is 13.1. The molecule has 0 aliphatic rings. The van der Waals surface area contributed by atoms with Crippen LogP contribution >= 0.6 is 0 Å². The molecule has 2 N–H and O–H groups in total. The summed E-state index contributed by atoms with van der Waals surface area (Å²) in [6, 6.07) is 15.3. The highest BCUT2D eigenvalue weighted by molar-refractivity contribution is 5.88. The van der Waals surface area contributed by atoms with Gasteiger partial charge < -0.3 is 10.2 Å². The number of carbonyl (C=O) groups excluding carboxylic acids is 2. The lowest BCUT2D eigenvalue weighted by molar-refractivity contribution is -0.885. The predicted octanol–water partition coefficient (Wildman–Crippen LogP) is 1.16. The molecule has 0 radical (unpaired) electrons. The standard InChI is InChI=1S/C20H23FN2O2/c1-15(24)19(12-16-6-4-3-5-7-16)22-20(25)14-23(2)13-17-8-10-18(21)11-9-17/h3-11,19H,12-14H2,1-2H3,(H,22,25)/p+1/t19-/m1/s1. The van der Waals surface area contributed by atoms with Gasteiger partial charge in [-0.05, 0) is 31.0 Å². The van der Waals surface area contributed by atoms with Crippen LogP contribution in [-0.2, 0) is 22.6 Å². The van der Waals surface area contributed by atoms with Crippen molar-refractivity contribution in [1.82, 2.24) is 5.32 Å². The number of ketones is 1. The molecule has 0 aromatic heterocycles. The monoisotopic (exact) mass is 343 g/mol. The number of hydrogen-bond donors (Lipinski definition) is 2. The van der Waals surface area contributed by atoms with E-state index >= 15 is 0 Å². The number of benzene rings is 2. The minimum atomic E-state index is -0.520. The van der Waals surface area contributed by atoms with Crippen LogP contribution in [0.1, 0.15) is 18.1 Å². The maximum Gasteiger partial charge on any atom is 0.275 e. The molecule has 0 saturated heterocycles. The van der Waals surface area contributed by atoms with E-state index in [0.29, 0.717) is 13.0 Å². The summed E-state index contributed by atoms with van der Waals surface area (Å²) < 4.78 is 12.9. The summed E-state index contributed by atoms with van der Waals surface area (Å²) in [5.74, 6) is -0.506. The lowest BCUT2D eigenvalue weighted by Gasteiger charge is -2.18. The van der Waals surface area contributed by atoms with Crippen molar-refractivity contribution in [3.05, 3.63) is 71.5 Å². The van der Waals surface area contributed by atoms with Gasteiger partial charge in [0.1, 0.15) is 12.4 Å². The van der Waals surface area contributed by atoms with Crippen LogP contribution in [0.25, 0.3) is 0 Å². The van der Waals surface area contributed by atoms with E-state index in [1.165, 1.54) is 19.1 Å².